The number of nitrogens with one attached hydrogen (secondary N) is 2. The normalized spacial score (nSPS) is 24.7. The summed E-state index contributed by atoms with van der Waals surface area (Å²) in [5, 5.41) is 6.42. The van der Waals surface area contributed by atoms with Crippen LogP contribution in [0.1, 0.15) is 12.8 Å². The molecule has 18 heavy (non-hydrogen) atoms. The molecule has 108 valence electrons. The van der Waals surface area contributed by atoms with Crippen molar-refractivity contribution in [3.63, 3.8) is 0 Å². The highest BCUT2D eigenvalue weighted by atomic mass is 35.5. The van der Waals surface area contributed by atoms with Gasteiger partial charge < -0.3 is 20.4 Å². The number of carbonyl (C=O) groups is 1. The van der Waals surface area contributed by atoms with Gasteiger partial charge in [0.15, 0.2) is 0 Å². The summed E-state index contributed by atoms with van der Waals surface area (Å²) in [4.78, 5) is 16.1. The largest absolute Gasteiger partial charge is 0.334 e. The zero-order valence-corrected chi connectivity index (χ0v) is 12.5. The monoisotopic (exact) mass is 298 g/mol. The topological polar surface area (TPSA) is 47.6 Å². The fraction of sp³-hybridized carbons (Fsp3) is 0.909. The van der Waals surface area contributed by atoms with Crippen LogP contribution in [0.2, 0.25) is 0 Å². The van der Waals surface area contributed by atoms with Crippen molar-refractivity contribution in [1.82, 2.24) is 20.4 Å². The summed E-state index contributed by atoms with van der Waals surface area (Å²) in [6, 6.07) is 0.433. The third-order valence-electron chi connectivity index (χ3n) is 3.41. The van der Waals surface area contributed by atoms with Gasteiger partial charge in [0.2, 0.25) is 0 Å². The summed E-state index contributed by atoms with van der Waals surface area (Å²) >= 11 is 0. The van der Waals surface area contributed by atoms with Crippen LogP contribution in [0.4, 0.5) is 4.79 Å². The Hall–Kier alpha value is -0.230. The molecule has 2 aliphatic rings. The average molecular weight is 299 g/mol. The molecule has 1 atom stereocenters. The smallest absolute Gasteiger partial charge is 0.317 e. The van der Waals surface area contributed by atoms with E-state index in [1.54, 1.807) is 0 Å². The lowest BCUT2D eigenvalue weighted by Crippen LogP contribution is -2.54. The van der Waals surface area contributed by atoms with Gasteiger partial charge in [-0.25, -0.2) is 4.79 Å². The molecule has 0 aliphatic carbocycles. The molecule has 2 N–H and O–H groups in total. The minimum atomic E-state index is 0. The summed E-state index contributed by atoms with van der Waals surface area (Å²) in [5.74, 6) is 0. The van der Waals surface area contributed by atoms with Crippen LogP contribution in [0.3, 0.4) is 0 Å². The molecule has 0 bridgehead atoms. The summed E-state index contributed by atoms with van der Waals surface area (Å²) < 4.78 is 0. The highest BCUT2D eigenvalue weighted by molar-refractivity contribution is 5.85. The Morgan fingerprint density at radius 2 is 1.89 bits per heavy atom. The van der Waals surface area contributed by atoms with Crippen LogP contribution in [-0.2, 0) is 0 Å². The maximum Gasteiger partial charge on any atom is 0.317 e. The first-order valence-corrected chi connectivity index (χ1v) is 6.20. The standard InChI is InChI=1S/C11H22N4O.2ClH/c1-14-5-7-15(8-6-14)11(16)13-10-3-2-4-12-9-10;;/h10,12H,2-9H2,1H3,(H,13,16);2*1H. The minimum absolute atomic E-state index is 0. The van der Waals surface area contributed by atoms with E-state index >= 15 is 0 Å². The first-order chi connectivity index (χ1) is 7.75. The fourth-order valence-corrected chi connectivity index (χ4v) is 2.25. The number of hydrogen-bond acceptors (Lipinski definition) is 3. The van der Waals surface area contributed by atoms with Crippen molar-refractivity contribution in [3.8, 4) is 0 Å². The van der Waals surface area contributed by atoms with Gasteiger partial charge in [0, 0.05) is 38.8 Å². The van der Waals surface area contributed by atoms with Gasteiger partial charge in [0.1, 0.15) is 0 Å². The van der Waals surface area contributed by atoms with E-state index in [0.29, 0.717) is 6.04 Å². The summed E-state index contributed by atoms with van der Waals surface area (Å²) in [5.41, 5.74) is 0. The molecule has 2 aliphatic heterocycles. The molecule has 0 spiro atoms. The maximum absolute atomic E-state index is 11.9. The highest BCUT2D eigenvalue weighted by Gasteiger charge is 2.22. The fourth-order valence-electron chi connectivity index (χ4n) is 2.25. The quantitative estimate of drug-likeness (QED) is 0.743. The number of piperazine rings is 1. The van der Waals surface area contributed by atoms with Crippen LogP contribution >= 0.6 is 24.8 Å². The van der Waals surface area contributed by atoms with Crippen LogP contribution in [0, 0.1) is 0 Å². The number of likely N-dealkylation sites (N-methyl/N-ethyl adjacent to an activating group) is 1. The predicted molar refractivity (Wildman–Crippen MR) is 78.0 cm³/mol. The molecule has 1 unspecified atom stereocenters. The van der Waals surface area contributed by atoms with Gasteiger partial charge in [-0.1, -0.05) is 0 Å². The molecule has 5 nitrogen and oxygen atoms in total. The van der Waals surface area contributed by atoms with Crippen molar-refractivity contribution in [2.75, 3.05) is 46.3 Å². The van der Waals surface area contributed by atoms with E-state index in [-0.39, 0.29) is 30.8 Å². The van der Waals surface area contributed by atoms with Gasteiger partial charge >= 0.3 is 6.03 Å². The summed E-state index contributed by atoms with van der Waals surface area (Å²) in [6.07, 6.45) is 2.26. The van der Waals surface area contributed by atoms with Crippen molar-refractivity contribution in [2.24, 2.45) is 0 Å². The number of hydrogen-bond donors (Lipinski definition) is 2. The molecule has 2 saturated heterocycles. The van der Waals surface area contributed by atoms with Gasteiger partial charge in [-0.2, -0.15) is 0 Å². The Morgan fingerprint density at radius 1 is 1.22 bits per heavy atom. The van der Waals surface area contributed by atoms with Crippen LogP contribution in [0.15, 0.2) is 0 Å². The Bertz CT molecular complexity index is 241. The molecule has 2 amide bonds. The molecule has 2 rings (SSSR count). The van der Waals surface area contributed by atoms with Gasteiger partial charge in [0.05, 0.1) is 0 Å². The van der Waals surface area contributed by atoms with E-state index in [0.717, 1.165) is 52.1 Å². The van der Waals surface area contributed by atoms with Gasteiger partial charge in [0.25, 0.3) is 0 Å². The second-order valence-corrected chi connectivity index (χ2v) is 4.78. The molecular formula is C11H24Cl2N4O. The lowest BCUT2D eigenvalue weighted by atomic mass is 10.1. The van der Waals surface area contributed by atoms with Crippen LogP contribution in [0.5, 0.6) is 0 Å². The summed E-state index contributed by atoms with van der Waals surface area (Å²) in [7, 11) is 2.10. The molecule has 7 heteroatoms. The molecule has 0 aromatic heterocycles. The molecule has 0 aromatic rings. The maximum atomic E-state index is 11.9. The number of halogens is 2. The van der Waals surface area contributed by atoms with E-state index in [1.807, 2.05) is 4.90 Å². The number of urea groups is 1. The first-order valence-electron chi connectivity index (χ1n) is 6.20. The SMILES string of the molecule is CN1CCN(C(=O)NC2CCCNC2)CC1.Cl.Cl. The second-order valence-electron chi connectivity index (χ2n) is 4.78. The van der Waals surface area contributed by atoms with E-state index < -0.39 is 0 Å². The Kier molecular flexibility index (Phi) is 8.69. The van der Waals surface area contributed by atoms with Crippen molar-refractivity contribution in [3.05, 3.63) is 0 Å². The molecule has 0 saturated carbocycles. The van der Waals surface area contributed by atoms with Gasteiger partial charge in [-0.3, -0.25) is 0 Å². The van der Waals surface area contributed by atoms with Crippen molar-refractivity contribution < 1.29 is 4.79 Å². The molecule has 2 heterocycles. The van der Waals surface area contributed by atoms with E-state index in [9.17, 15) is 4.79 Å². The number of amides is 2. The predicted octanol–water partition coefficient (Wildman–Crippen LogP) is 0.539. The number of rotatable bonds is 1. The lowest BCUT2D eigenvalue weighted by Gasteiger charge is -2.34. The third kappa shape index (κ3) is 5.18. The van der Waals surface area contributed by atoms with E-state index in [1.165, 1.54) is 0 Å². The molecule has 2 fully saturated rings. The molecule has 0 aromatic carbocycles. The zero-order valence-electron chi connectivity index (χ0n) is 10.9. The lowest BCUT2D eigenvalue weighted by molar-refractivity contribution is 0.150. The Balaban J connectivity index is 0.00000144. The Labute approximate surface area is 121 Å². The van der Waals surface area contributed by atoms with Crippen LogP contribution < -0.4 is 10.6 Å². The highest BCUT2D eigenvalue weighted by Crippen LogP contribution is 2.04. The minimum Gasteiger partial charge on any atom is -0.334 e. The third-order valence-corrected chi connectivity index (χ3v) is 3.41. The number of carbonyl (C=O) groups excluding carboxylic acids is 1. The van der Waals surface area contributed by atoms with Crippen molar-refractivity contribution in [2.45, 2.75) is 18.9 Å². The first kappa shape index (κ1) is 17.8. The number of nitrogens with zero attached hydrogens (tertiary/aromatic N) is 2. The second kappa shape index (κ2) is 8.80. The molecule has 0 radical (unpaired) electrons. The van der Waals surface area contributed by atoms with Crippen molar-refractivity contribution in [1.29, 1.82) is 0 Å². The van der Waals surface area contributed by atoms with Crippen LogP contribution in [-0.4, -0.2) is 68.2 Å². The van der Waals surface area contributed by atoms with E-state index in [2.05, 4.69) is 22.6 Å². The van der Waals surface area contributed by atoms with Crippen molar-refractivity contribution >= 4 is 30.8 Å². The summed E-state index contributed by atoms with van der Waals surface area (Å²) in [6.45, 7) is 5.66. The van der Waals surface area contributed by atoms with E-state index in [4.69, 9.17) is 0 Å². The van der Waals surface area contributed by atoms with Gasteiger partial charge in [-0.05, 0) is 26.4 Å². The number of piperidine rings is 1. The zero-order chi connectivity index (χ0) is 11.4. The molecular weight excluding hydrogens is 275 g/mol. The average Bonchev–Trinajstić information content (AvgIpc) is 2.31. The van der Waals surface area contributed by atoms with Gasteiger partial charge in [-0.15, -0.1) is 24.8 Å². The Morgan fingerprint density at radius 3 is 2.44 bits per heavy atom. The van der Waals surface area contributed by atoms with Crippen LogP contribution in [0.25, 0.3) is 0 Å².